The molecule has 184 valence electrons. The lowest BCUT2D eigenvalue weighted by atomic mass is 10.0. The second kappa shape index (κ2) is 12.5. The molecule has 1 amide bonds. The largest absolute Gasteiger partial charge is 0.507 e. The van der Waals surface area contributed by atoms with Crippen LogP contribution in [0.2, 0.25) is 5.02 Å². The average Bonchev–Trinajstić information content (AvgIpc) is 2.81. The van der Waals surface area contributed by atoms with Gasteiger partial charge in [-0.1, -0.05) is 29.8 Å². The number of fused-ring (bicyclic) bond motifs is 1. The molecule has 1 saturated heterocycles. The van der Waals surface area contributed by atoms with Crippen molar-refractivity contribution in [3.63, 3.8) is 0 Å². The molecule has 3 N–H and O–H groups in total. The number of esters is 1. The fourth-order valence-electron chi connectivity index (χ4n) is 3.78. The number of nitrogens with zero attached hydrogens (tertiary/aromatic N) is 1. The van der Waals surface area contributed by atoms with E-state index >= 15 is 0 Å². The third-order valence-electron chi connectivity index (χ3n) is 5.60. The first-order chi connectivity index (χ1) is 16.4. The third kappa shape index (κ3) is 7.01. The Balaban J connectivity index is 1.88. The van der Waals surface area contributed by atoms with Crippen LogP contribution in [0, 0.1) is 0 Å². The number of hydroxylamine groups is 1. The first-order valence-corrected chi connectivity index (χ1v) is 11.9. The summed E-state index contributed by atoms with van der Waals surface area (Å²) in [6, 6.07) is 1.00. The maximum absolute atomic E-state index is 12.9. The van der Waals surface area contributed by atoms with Crippen LogP contribution in [0.25, 0.3) is 6.08 Å². The highest BCUT2D eigenvalue weighted by molar-refractivity contribution is 6.34. The van der Waals surface area contributed by atoms with Gasteiger partial charge in [-0.3, -0.25) is 15.1 Å². The van der Waals surface area contributed by atoms with E-state index in [9.17, 15) is 19.8 Å². The Labute approximate surface area is 204 Å². The maximum atomic E-state index is 12.9. The molecule has 2 heterocycles. The fraction of sp³-hybridized carbons (Fsp3) is 0.440. The molecule has 0 aliphatic carbocycles. The summed E-state index contributed by atoms with van der Waals surface area (Å²) in [6.07, 6.45) is 13.8. The highest BCUT2D eigenvalue weighted by Gasteiger charge is 2.24. The standard InChI is InChI=1S/C25H31ClN2O6/c1-17-10-6-3-2-4-7-11-18(27-33-16-22(31)28-12-8-5-9-13-28)14-19-23(25(32)34-17)20(29)15-21(30)24(19)26/h3,6-7,11,14-15,17,27,29-30H,2,4-5,8-10,12-13,16H2,1H3/b6-3?,11-7?,18-14-/t17-/m1/s1. The molecular formula is C25H31ClN2O6. The summed E-state index contributed by atoms with van der Waals surface area (Å²) in [7, 11) is 0. The van der Waals surface area contributed by atoms with E-state index in [-0.39, 0.29) is 34.4 Å². The van der Waals surface area contributed by atoms with Crippen molar-refractivity contribution in [2.45, 2.75) is 51.6 Å². The van der Waals surface area contributed by atoms with Crippen molar-refractivity contribution in [1.82, 2.24) is 10.4 Å². The number of likely N-dealkylation sites (tertiary alicyclic amines) is 1. The van der Waals surface area contributed by atoms with Crippen molar-refractivity contribution in [2.75, 3.05) is 19.7 Å². The molecule has 0 saturated carbocycles. The predicted octanol–water partition coefficient (Wildman–Crippen LogP) is 4.47. The zero-order valence-corrected chi connectivity index (χ0v) is 20.0. The van der Waals surface area contributed by atoms with Crippen LogP contribution in [0.3, 0.4) is 0 Å². The van der Waals surface area contributed by atoms with Crippen LogP contribution < -0.4 is 5.48 Å². The van der Waals surface area contributed by atoms with Gasteiger partial charge in [0.25, 0.3) is 5.91 Å². The quantitative estimate of drug-likeness (QED) is 0.324. The molecule has 0 unspecified atom stereocenters. The minimum Gasteiger partial charge on any atom is -0.507 e. The Bertz CT molecular complexity index is 982. The number of aromatic hydroxyl groups is 2. The topological polar surface area (TPSA) is 108 Å². The summed E-state index contributed by atoms with van der Waals surface area (Å²) in [6.45, 7) is 3.03. The first-order valence-electron chi connectivity index (χ1n) is 11.5. The van der Waals surface area contributed by atoms with Gasteiger partial charge < -0.3 is 19.8 Å². The van der Waals surface area contributed by atoms with Gasteiger partial charge in [0.05, 0.1) is 10.7 Å². The van der Waals surface area contributed by atoms with Gasteiger partial charge in [-0.25, -0.2) is 4.79 Å². The summed E-state index contributed by atoms with van der Waals surface area (Å²) in [5, 5.41) is 20.4. The summed E-state index contributed by atoms with van der Waals surface area (Å²) in [5.41, 5.74) is 3.01. The number of phenols is 2. The molecule has 1 aromatic rings. The fourth-order valence-corrected chi connectivity index (χ4v) is 3.99. The Morgan fingerprint density at radius 1 is 1.18 bits per heavy atom. The Kier molecular flexibility index (Phi) is 9.42. The molecule has 0 spiro atoms. The zero-order valence-electron chi connectivity index (χ0n) is 19.3. The van der Waals surface area contributed by atoms with Gasteiger partial charge in [-0.2, -0.15) is 0 Å². The molecule has 9 heteroatoms. The molecule has 2 aliphatic heterocycles. The summed E-state index contributed by atoms with van der Waals surface area (Å²) >= 11 is 6.31. The predicted molar refractivity (Wildman–Crippen MR) is 129 cm³/mol. The van der Waals surface area contributed by atoms with Crippen molar-refractivity contribution < 1.29 is 29.4 Å². The van der Waals surface area contributed by atoms with Crippen molar-refractivity contribution in [3.8, 4) is 11.5 Å². The number of nitrogens with one attached hydrogen (secondary N) is 1. The molecule has 1 aromatic carbocycles. The first kappa shape index (κ1) is 25.6. The molecule has 3 rings (SSSR count). The number of piperidine rings is 1. The molecule has 1 fully saturated rings. The number of carbonyl (C=O) groups is 2. The Morgan fingerprint density at radius 3 is 2.68 bits per heavy atom. The second-order valence-corrected chi connectivity index (χ2v) is 8.73. The van der Waals surface area contributed by atoms with Gasteiger partial charge in [0, 0.05) is 31.1 Å². The number of rotatable bonds is 4. The summed E-state index contributed by atoms with van der Waals surface area (Å²) < 4.78 is 5.47. The smallest absolute Gasteiger partial charge is 0.342 e. The second-order valence-electron chi connectivity index (χ2n) is 8.35. The van der Waals surface area contributed by atoms with Gasteiger partial charge in [-0.05, 0) is 51.2 Å². The number of halogens is 1. The Hall–Kier alpha value is -2.97. The van der Waals surface area contributed by atoms with Gasteiger partial charge in [0.1, 0.15) is 23.2 Å². The number of phenolic OH excluding ortho intramolecular Hbond substituents is 2. The normalized spacial score (nSPS) is 21.1. The average molecular weight is 491 g/mol. The van der Waals surface area contributed by atoms with E-state index in [4.69, 9.17) is 21.2 Å². The van der Waals surface area contributed by atoms with Gasteiger partial charge in [0.15, 0.2) is 6.61 Å². The van der Waals surface area contributed by atoms with Crippen LogP contribution in [0.1, 0.15) is 61.4 Å². The number of allylic oxidation sites excluding steroid dienone is 3. The summed E-state index contributed by atoms with van der Waals surface area (Å²) in [4.78, 5) is 32.5. The molecule has 1 atom stereocenters. The van der Waals surface area contributed by atoms with Crippen molar-refractivity contribution in [1.29, 1.82) is 0 Å². The highest BCUT2D eigenvalue weighted by atomic mass is 35.5. The van der Waals surface area contributed by atoms with E-state index in [1.54, 1.807) is 17.9 Å². The molecule has 34 heavy (non-hydrogen) atoms. The molecular weight excluding hydrogens is 460 g/mol. The van der Waals surface area contributed by atoms with Crippen LogP contribution in [-0.2, 0) is 14.4 Å². The monoisotopic (exact) mass is 490 g/mol. The van der Waals surface area contributed by atoms with Crippen LogP contribution in [0.4, 0.5) is 0 Å². The molecule has 0 bridgehead atoms. The van der Waals surface area contributed by atoms with Crippen LogP contribution in [0.5, 0.6) is 11.5 Å². The number of hydrogen-bond acceptors (Lipinski definition) is 7. The molecule has 2 aliphatic rings. The maximum Gasteiger partial charge on any atom is 0.342 e. The van der Waals surface area contributed by atoms with Crippen LogP contribution in [0.15, 0.2) is 36.1 Å². The highest BCUT2D eigenvalue weighted by Crippen LogP contribution is 2.38. The lowest BCUT2D eigenvalue weighted by Gasteiger charge is -2.26. The van der Waals surface area contributed by atoms with E-state index in [0.29, 0.717) is 12.1 Å². The minimum absolute atomic E-state index is 0.0714. The van der Waals surface area contributed by atoms with E-state index in [2.05, 4.69) is 5.48 Å². The van der Waals surface area contributed by atoms with E-state index < -0.39 is 17.8 Å². The molecule has 0 radical (unpaired) electrons. The lowest BCUT2D eigenvalue weighted by Crippen LogP contribution is -2.39. The van der Waals surface area contributed by atoms with Crippen LogP contribution >= 0.6 is 11.6 Å². The lowest BCUT2D eigenvalue weighted by molar-refractivity contribution is -0.139. The third-order valence-corrected chi connectivity index (χ3v) is 6.00. The number of amides is 1. The van der Waals surface area contributed by atoms with E-state index in [1.807, 2.05) is 18.2 Å². The van der Waals surface area contributed by atoms with Crippen LogP contribution in [-0.4, -0.2) is 52.8 Å². The van der Waals surface area contributed by atoms with Crippen molar-refractivity contribution in [3.05, 3.63) is 52.2 Å². The number of ether oxygens (including phenoxy) is 1. The van der Waals surface area contributed by atoms with E-state index in [1.165, 1.54) is 6.08 Å². The number of hydrogen-bond donors (Lipinski definition) is 3. The summed E-state index contributed by atoms with van der Waals surface area (Å²) in [5.74, 6) is -1.73. The van der Waals surface area contributed by atoms with Gasteiger partial charge in [0.2, 0.25) is 0 Å². The SMILES string of the molecule is C[C@@H]1CC=CCCC=C/C(NOCC(=O)N2CCCCC2)=C/c2c(Cl)c(O)cc(O)c2C(=O)O1. The number of benzene rings is 1. The van der Waals surface area contributed by atoms with E-state index in [0.717, 1.165) is 51.3 Å². The number of carbonyl (C=O) groups excluding carboxylic acids is 2. The van der Waals surface area contributed by atoms with Gasteiger partial charge in [-0.15, -0.1) is 0 Å². The van der Waals surface area contributed by atoms with Gasteiger partial charge >= 0.3 is 5.97 Å². The zero-order chi connectivity index (χ0) is 24.5. The Morgan fingerprint density at radius 2 is 1.91 bits per heavy atom. The molecule has 0 aromatic heterocycles. The van der Waals surface area contributed by atoms with Crippen molar-refractivity contribution >= 4 is 29.6 Å². The molecule has 8 nitrogen and oxygen atoms in total. The van der Waals surface area contributed by atoms with Crippen molar-refractivity contribution in [2.24, 2.45) is 0 Å². The minimum atomic E-state index is -0.770. The number of cyclic esters (lactones) is 1.